The first-order valence-corrected chi connectivity index (χ1v) is 16.3. The molecule has 3 aliphatic rings. The lowest BCUT2D eigenvalue weighted by Gasteiger charge is -2.42. The number of aliphatic hydroxyl groups is 1. The second-order valence-corrected chi connectivity index (χ2v) is 15.8. The van der Waals surface area contributed by atoms with Gasteiger partial charge in [0.2, 0.25) is 0 Å². The lowest BCUT2D eigenvalue weighted by atomic mass is 9.73. The maximum atomic E-state index is 13.7. The molecule has 0 spiro atoms. The Hall–Kier alpha value is -2.15. The largest absolute Gasteiger partial charge is 0.389 e. The molecular weight excluding hydrogens is 579 g/mol. The summed E-state index contributed by atoms with van der Waals surface area (Å²) < 4.78 is 92.4. The van der Waals surface area contributed by atoms with Crippen molar-refractivity contribution in [1.82, 2.24) is 0 Å². The topological polar surface area (TPSA) is 118 Å². The number of carbonyl (C=O) groups is 1. The maximum absolute atomic E-state index is 13.7. The van der Waals surface area contributed by atoms with E-state index in [9.17, 15) is 39.9 Å². The summed E-state index contributed by atoms with van der Waals surface area (Å²) in [6.45, 7) is 0. The number of hydrogen-bond donors (Lipinski definition) is 2. The van der Waals surface area contributed by atoms with Crippen LogP contribution in [0.5, 0.6) is 0 Å². The van der Waals surface area contributed by atoms with Gasteiger partial charge < -0.3 is 10.4 Å². The van der Waals surface area contributed by atoms with Crippen LogP contribution in [0.15, 0.2) is 35.2 Å². The fourth-order valence-electron chi connectivity index (χ4n) is 6.04. The Balaban J connectivity index is 1.34. The summed E-state index contributed by atoms with van der Waals surface area (Å²) in [7, 11) is -7.34. The van der Waals surface area contributed by atoms with Crippen molar-refractivity contribution in [2.24, 2.45) is 11.8 Å². The third-order valence-electron chi connectivity index (χ3n) is 8.37. The van der Waals surface area contributed by atoms with Gasteiger partial charge >= 0.3 is 0 Å². The van der Waals surface area contributed by atoms with Crippen molar-refractivity contribution in [1.29, 1.82) is 0 Å². The highest BCUT2D eigenvalue weighted by atomic mass is 35.5. The highest BCUT2D eigenvalue weighted by molar-refractivity contribution is 7.92. The predicted molar refractivity (Wildman–Crippen MR) is 139 cm³/mol. The monoisotopic (exact) mass is 605 g/mol. The van der Waals surface area contributed by atoms with Crippen molar-refractivity contribution in [2.45, 2.75) is 65.9 Å². The summed E-state index contributed by atoms with van der Waals surface area (Å²) in [4.78, 5) is 12.4. The van der Waals surface area contributed by atoms with Gasteiger partial charge in [0.15, 0.2) is 37.1 Å². The van der Waals surface area contributed by atoms with Gasteiger partial charge in [-0.05, 0) is 75.0 Å². The molecule has 2 N–H and O–H groups in total. The average molecular weight is 606 g/mol. The van der Waals surface area contributed by atoms with E-state index >= 15 is 0 Å². The van der Waals surface area contributed by atoms with Crippen LogP contribution in [0.3, 0.4) is 0 Å². The molecule has 7 nitrogen and oxygen atoms in total. The van der Waals surface area contributed by atoms with Gasteiger partial charge in [-0.1, -0.05) is 11.6 Å². The molecule has 39 heavy (non-hydrogen) atoms. The van der Waals surface area contributed by atoms with Crippen molar-refractivity contribution >= 4 is 42.9 Å². The number of hydrogen-bond acceptors (Lipinski definition) is 6. The molecule has 2 bridgehead atoms. The smallest absolute Gasteiger partial charge is 0.255 e. The SMILES string of the molecule is O=C(Nc1cc(F)c(F)c(F)c1)c1ccc(Cl)c(S(=O)(=O)C2CC3CCC(C2)C3(O)CCS(=O)(=O)C2CC2)c1. The first-order valence-electron chi connectivity index (χ1n) is 12.7. The van der Waals surface area contributed by atoms with Gasteiger partial charge in [0.25, 0.3) is 5.91 Å². The molecule has 13 heteroatoms. The van der Waals surface area contributed by atoms with Gasteiger partial charge in [0, 0.05) is 23.4 Å². The second kappa shape index (κ2) is 10.0. The number of nitrogens with one attached hydrogen (secondary N) is 1. The Labute approximate surface area is 229 Å². The molecule has 0 saturated heterocycles. The maximum Gasteiger partial charge on any atom is 0.255 e. The molecule has 2 aromatic carbocycles. The number of carbonyl (C=O) groups excluding carboxylic acids is 1. The zero-order valence-electron chi connectivity index (χ0n) is 20.7. The van der Waals surface area contributed by atoms with Gasteiger partial charge in [0.05, 0.1) is 31.8 Å². The summed E-state index contributed by atoms with van der Waals surface area (Å²) in [6, 6.07) is 4.74. The molecular formula is C26H27ClF3NO6S2. The van der Waals surface area contributed by atoms with E-state index in [0.29, 0.717) is 37.8 Å². The van der Waals surface area contributed by atoms with Crippen LogP contribution in [0.4, 0.5) is 18.9 Å². The fraction of sp³-hybridized carbons (Fsp3) is 0.500. The molecule has 3 saturated carbocycles. The van der Waals surface area contributed by atoms with Crippen LogP contribution >= 0.6 is 11.6 Å². The first kappa shape index (κ1) is 28.4. The third-order valence-corrected chi connectivity index (χ3v) is 13.3. The number of halogens is 4. The number of rotatable bonds is 8. The molecule has 212 valence electrons. The lowest BCUT2D eigenvalue weighted by molar-refractivity contribution is -0.0603. The number of anilines is 1. The molecule has 2 atom stereocenters. The minimum absolute atomic E-state index is 0.0783. The lowest BCUT2D eigenvalue weighted by Crippen LogP contribution is -2.49. The highest BCUT2D eigenvalue weighted by Crippen LogP contribution is 2.54. The highest BCUT2D eigenvalue weighted by Gasteiger charge is 2.56. The average Bonchev–Trinajstić information content (AvgIpc) is 3.70. The van der Waals surface area contributed by atoms with E-state index in [1.807, 2.05) is 0 Å². The minimum Gasteiger partial charge on any atom is -0.389 e. The van der Waals surface area contributed by atoms with Crippen molar-refractivity contribution in [3.05, 3.63) is 58.4 Å². The van der Waals surface area contributed by atoms with E-state index in [2.05, 4.69) is 5.32 Å². The molecule has 0 aliphatic heterocycles. The fourth-order valence-corrected chi connectivity index (χ4v) is 10.2. The first-order chi connectivity index (χ1) is 18.2. The third kappa shape index (κ3) is 5.32. The number of benzene rings is 2. The quantitative estimate of drug-likeness (QED) is 0.422. The minimum atomic E-state index is -4.07. The zero-order valence-corrected chi connectivity index (χ0v) is 23.1. The second-order valence-electron chi connectivity index (χ2n) is 10.8. The number of sulfone groups is 2. The van der Waals surface area contributed by atoms with E-state index in [1.165, 1.54) is 12.1 Å². The van der Waals surface area contributed by atoms with Gasteiger partial charge in [-0.3, -0.25) is 4.79 Å². The van der Waals surface area contributed by atoms with Gasteiger partial charge in [-0.15, -0.1) is 0 Å². The van der Waals surface area contributed by atoms with Crippen molar-refractivity contribution in [2.75, 3.05) is 11.1 Å². The van der Waals surface area contributed by atoms with Crippen molar-refractivity contribution in [3.8, 4) is 0 Å². The van der Waals surface area contributed by atoms with Crippen molar-refractivity contribution in [3.63, 3.8) is 0 Å². The molecule has 0 aromatic heterocycles. The molecule has 2 aromatic rings. The summed E-state index contributed by atoms with van der Waals surface area (Å²) >= 11 is 6.24. The standard InChI is InChI=1S/C26H27ClF3NO6S2/c27-20-6-1-14(25(32)31-17-12-21(28)24(30)22(29)13-17)9-23(20)39(36,37)19-10-15-2-3-16(11-19)26(15,33)7-8-38(34,35)18-4-5-18/h1,6,9,12-13,15-16,18-19,33H,2-5,7-8,10-11H2,(H,31,32). The van der Waals surface area contributed by atoms with Crippen LogP contribution in [0.25, 0.3) is 0 Å². The summed E-state index contributed by atoms with van der Waals surface area (Å²) in [5.41, 5.74) is -1.76. The molecule has 3 aliphatic carbocycles. The summed E-state index contributed by atoms with van der Waals surface area (Å²) in [5.74, 6) is -6.47. The van der Waals surface area contributed by atoms with Crippen LogP contribution < -0.4 is 5.32 Å². The van der Waals surface area contributed by atoms with Crippen molar-refractivity contribution < 1.29 is 39.9 Å². The normalized spacial score (nSPS) is 26.9. The van der Waals surface area contributed by atoms with Crippen LogP contribution in [-0.4, -0.2) is 49.7 Å². The van der Waals surface area contributed by atoms with Crippen LogP contribution in [0, 0.1) is 29.3 Å². The Morgan fingerprint density at radius 3 is 2.10 bits per heavy atom. The summed E-state index contributed by atoms with van der Waals surface area (Å²) in [6.07, 6.45) is 2.77. The van der Waals surface area contributed by atoms with E-state index in [4.69, 9.17) is 11.6 Å². The zero-order chi connectivity index (χ0) is 28.3. The van der Waals surface area contributed by atoms with E-state index in [0.717, 1.165) is 6.07 Å². The molecule has 5 rings (SSSR count). The van der Waals surface area contributed by atoms with Gasteiger partial charge in [-0.2, -0.15) is 0 Å². The predicted octanol–water partition coefficient (Wildman–Crippen LogP) is 4.67. The van der Waals surface area contributed by atoms with E-state index in [-0.39, 0.29) is 63.3 Å². The van der Waals surface area contributed by atoms with E-state index < -0.39 is 53.9 Å². The van der Waals surface area contributed by atoms with Crippen LogP contribution in [0.2, 0.25) is 5.02 Å². The number of amides is 1. The molecule has 0 radical (unpaired) electrons. The van der Waals surface area contributed by atoms with Crippen LogP contribution in [-0.2, 0) is 19.7 Å². The Bertz CT molecular complexity index is 1510. The van der Waals surface area contributed by atoms with E-state index in [1.54, 1.807) is 0 Å². The molecule has 1 amide bonds. The number of fused-ring (bicyclic) bond motifs is 2. The summed E-state index contributed by atoms with van der Waals surface area (Å²) in [5, 5.41) is 12.3. The Morgan fingerprint density at radius 1 is 0.949 bits per heavy atom. The van der Waals surface area contributed by atoms with Gasteiger partial charge in [-0.25, -0.2) is 30.0 Å². The Kier molecular flexibility index (Phi) is 7.31. The van der Waals surface area contributed by atoms with Gasteiger partial charge in [0.1, 0.15) is 0 Å². The molecule has 2 unspecified atom stereocenters. The molecule has 3 fully saturated rings. The molecule has 0 heterocycles. The van der Waals surface area contributed by atoms with Crippen LogP contribution in [0.1, 0.15) is 55.3 Å². The Morgan fingerprint density at radius 2 is 1.54 bits per heavy atom.